The molecule has 1 heterocycles. The van der Waals surface area contributed by atoms with Crippen molar-refractivity contribution in [1.82, 2.24) is 0 Å². The van der Waals surface area contributed by atoms with E-state index in [0.717, 1.165) is 22.4 Å². The van der Waals surface area contributed by atoms with E-state index in [1.807, 2.05) is 104 Å². The minimum Gasteiger partial charge on any atom is -0.497 e. The molecular weight excluding hydrogens is 480 g/mol. The van der Waals surface area contributed by atoms with E-state index in [1.165, 1.54) is 0 Å². The molecular formula is C32H36O6. The first-order valence-corrected chi connectivity index (χ1v) is 13.0. The van der Waals surface area contributed by atoms with Crippen LogP contribution in [0, 0.1) is 0 Å². The number of hydrogen-bond acceptors (Lipinski definition) is 6. The Balaban J connectivity index is 1.51. The van der Waals surface area contributed by atoms with Crippen LogP contribution in [0.3, 0.4) is 0 Å². The van der Waals surface area contributed by atoms with Gasteiger partial charge in [-0.3, -0.25) is 4.79 Å². The maximum absolute atomic E-state index is 12.7. The Morgan fingerprint density at radius 2 is 1.24 bits per heavy atom. The number of hydrogen-bond donors (Lipinski definition) is 0. The van der Waals surface area contributed by atoms with Crippen molar-refractivity contribution in [3.63, 3.8) is 0 Å². The van der Waals surface area contributed by atoms with E-state index >= 15 is 0 Å². The van der Waals surface area contributed by atoms with E-state index in [1.54, 1.807) is 7.11 Å². The minimum absolute atomic E-state index is 0.230. The summed E-state index contributed by atoms with van der Waals surface area (Å²) in [6.45, 7) is 3.07. The summed E-state index contributed by atoms with van der Waals surface area (Å²) in [6.07, 6.45) is 3.04. The van der Waals surface area contributed by atoms with Crippen LogP contribution in [0.2, 0.25) is 0 Å². The van der Waals surface area contributed by atoms with Crippen molar-refractivity contribution in [2.24, 2.45) is 0 Å². The summed E-state index contributed by atoms with van der Waals surface area (Å²) >= 11 is 0. The molecule has 3 aromatic carbocycles. The van der Waals surface area contributed by atoms with Gasteiger partial charge in [0.15, 0.2) is 0 Å². The van der Waals surface area contributed by atoms with Crippen LogP contribution in [0.15, 0.2) is 97.1 Å². The van der Waals surface area contributed by atoms with Gasteiger partial charge in [0.2, 0.25) is 0 Å². The summed E-state index contributed by atoms with van der Waals surface area (Å²) < 4.78 is 29.9. The van der Waals surface area contributed by atoms with Crippen LogP contribution in [-0.2, 0) is 43.6 Å². The van der Waals surface area contributed by atoms with Crippen LogP contribution in [0.1, 0.15) is 36.5 Å². The molecule has 0 N–H and O–H groups in total. The fourth-order valence-corrected chi connectivity index (χ4v) is 4.25. The number of carbonyl (C=O) groups is 1. The highest BCUT2D eigenvalue weighted by Gasteiger charge is 2.27. The molecule has 1 aliphatic rings. The lowest BCUT2D eigenvalue weighted by atomic mass is 10.0. The average Bonchev–Trinajstić information content (AvgIpc) is 2.96. The van der Waals surface area contributed by atoms with Crippen molar-refractivity contribution in [3.05, 3.63) is 114 Å². The fourth-order valence-electron chi connectivity index (χ4n) is 4.25. The van der Waals surface area contributed by atoms with Crippen LogP contribution in [0.4, 0.5) is 0 Å². The second-order valence-electron chi connectivity index (χ2n) is 9.34. The van der Waals surface area contributed by atoms with Crippen LogP contribution in [0.5, 0.6) is 5.75 Å². The molecule has 38 heavy (non-hydrogen) atoms. The first kappa shape index (κ1) is 27.6. The van der Waals surface area contributed by atoms with E-state index in [2.05, 4.69) is 0 Å². The average molecular weight is 517 g/mol. The molecule has 0 aromatic heterocycles. The minimum atomic E-state index is -0.450. The maximum Gasteiger partial charge on any atom is 0.306 e. The third-order valence-electron chi connectivity index (χ3n) is 6.46. The van der Waals surface area contributed by atoms with Gasteiger partial charge in [-0.1, -0.05) is 84.9 Å². The number of esters is 1. The first-order valence-electron chi connectivity index (χ1n) is 13.0. The Hall–Kier alpha value is -3.45. The number of ether oxygens (including phenoxy) is 5. The van der Waals surface area contributed by atoms with Gasteiger partial charge in [-0.15, -0.1) is 0 Å². The molecule has 0 saturated carbocycles. The topological polar surface area (TPSA) is 63.2 Å². The Bertz CT molecular complexity index is 1130. The molecule has 0 unspecified atom stereocenters. The van der Waals surface area contributed by atoms with Crippen LogP contribution < -0.4 is 4.74 Å². The summed E-state index contributed by atoms with van der Waals surface area (Å²) in [5.74, 6) is 0.510. The molecule has 6 heteroatoms. The van der Waals surface area contributed by atoms with E-state index in [-0.39, 0.29) is 24.6 Å². The molecule has 6 nitrogen and oxygen atoms in total. The van der Waals surface area contributed by atoms with Crippen LogP contribution in [0.25, 0.3) is 0 Å². The zero-order chi connectivity index (χ0) is 26.6. The lowest BCUT2D eigenvalue weighted by Gasteiger charge is -2.29. The lowest BCUT2D eigenvalue weighted by Crippen LogP contribution is -2.35. The number of cyclic esters (lactones) is 1. The second-order valence-corrected chi connectivity index (χ2v) is 9.34. The molecule has 0 fully saturated rings. The molecule has 4 rings (SSSR count). The van der Waals surface area contributed by atoms with Gasteiger partial charge in [0, 0.05) is 6.42 Å². The number of benzene rings is 3. The van der Waals surface area contributed by atoms with Crippen molar-refractivity contribution in [2.75, 3.05) is 7.11 Å². The summed E-state index contributed by atoms with van der Waals surface area (Å²) in [6, 6.07) is 27.7. The lowest BCUT2D eigenvalue weighted by molar-refractivity contribution is -0.156. The highest BCUT2D eigenvalue weighted by molar-refractivity contribution is 5.69. The molecule has 0 amide bonds. The zero-order valence-electron chi connectivity index (χ0n) is 22.0. The molecule has 0 bridgehead atoms. The molecule has 0 aliphatic carbocycles. The van der Waals surface area contributed by atoms with Crippen molar-refractivity contribution in [1.29, 1.82) is 0 Å². The number of methoxy groups -OCH3 is 1. The Morgan fingerprint density at radius 3 is 1.84 bits per heavy atom. The molecule has 1 aliphatic heterocycles. The SMILES string of the molecule is COc1ccc(CO[C@H]2/C=C/[C@@H](OCc3ccccc3)[C@@H](OCc3ccccc3)CCC(=O)O[C@@H]2C)cc1. The maximum atomic E-state index is 12.7. The number of carbonyl (C=O) groups excluding carboxylic acids is 1. The van der Waals surface area contributed by atoms with Crippen molar-refractivity contribution >= 4 is 5.97 Å². The van der Waals surface area contributed by atoms with E-state index < -0.39 is 12.2 Å². The van der Waals surface area contributed by atoms with E-state index in [4.69, 9.17) is 23.7 Å². The highest BCUT2D eigenvalue weighted by Crippen LogP contribution is 2.22. The molecule has 200 valence electrons. The first-order chi connectivity index (χ1) is 18.6. The molecule has 0 spiro atoms. The Kier molecular flexibility index (Phi) is 10.5. The van der Waals surface area contributed by atoms with Crippen LogP contribution >= 0.6 is 0 Å². The molecule has 0 radical (unpaired) electrons. The summed E-state index contributed by atoms with van der Waals surface area (Å²) in [5.41, 5.74) is 3.13. The van der Waals surface area contributed by atoms with Gasteiger partial charge in [-0.2, -0.15) is 0 Å². The predicted octanol–water partition coefficient (Wildman–Crippen LogP) is 6.03. The Morgan fingerprint density at radius 1 is 0.711 bits per heavy atom. The van der Waals surface area contributed by atoms with Crippen molar-refractivity contribution < 1.29 is 28.5 Å². The fraction of sp³-hybridized carbons (Fsp3) is 0.344. The largest absolute Gasteiger partial charge is 0.497 e. The van der Waals surface area contributed by atoms with Gasteiger partial charge >= 0.3 is 5.97 Å². The monoisotopic (exact) mass is 516 g/mol. The normalized spacial score (nSPS) is 22.8. The zero-order valence-corrected chi connectivity index (χ0v) is 22.0. The predicted molar refractivity (Wildman–Crippen MR) is 146 cm³/mol. The number of rotatable bonds is 10. The van der Waals surface area contributed by atoms with Gasteiger partial charge in [0.1, 0.15) is 24.1 Å². The van der Waals surface area contributed by atoms with Crippen molar-refractivity contribution in [2.45, 2.75) is 64.0 Å². The van der Waals surface area contributed by atoms with Gasteiger partial charge < -0.3 is 23.7 Å². The molecule has 4 atom stereocenters. The van der Waals surface area contributed by atoms with E-state index in [0.29, 0.717) is 26.2 Å². The highest BCUT2D eigenvalue weighted by atomic mass is 16.6. The van der Waals surface area contributed by atoms with Crippen molar-refractivity contribution in [3.8, 4) is 5.75 Å². The smallest absolute Gasteiger partial charge is 0.306 e. The summed E-state index contributed by atoms with van der Waals surface area (Å²) in [7, 11) is 1.64. The Labute approximate surface area is 225 Å². The standard InChI is InChI=1S/C32H36O6/c1-24-29(35-23-27-13-15-28(34-2)16-14-27)17-18-30(36-21-25-9-5-3-6-10-25)31(19-20-32(33)38-24)37-22-26-11-7-4-8-12-26/h3-18,24,29-31H,19-23H2,1-2H3/b18-17+/t24-,29+,30-,31+/m1/s1. The van der Waals surface area contributed by atoms with Gasteiger partial charge in [-0.25, -0.2) is 0 Å². The summed E-state index contributed by atoms with van der Waals surface area (Å²) in [4.78, 5) is 12.7. The third kappa shape index (κ3) is 8.55. The molecule has 3 aromatic rings. The molecule has 0 saturated heterocycles. The van der Waals surface area contributed by atoms with E-state index in [9.17, 15) is 4.79 Å². The van der Waals surface area contributed by atoms with Gasteiger partial charge in [0.25, 0.3) is 0 Å². The van der Waals surface area contributed by atoms with Gasteiger partial charge in [0.05, 0.1) is 33.0 Å². The quantitative estimate of drug-likeness (QED) is 0.242. The van der Waals surface area contributed by atoms with Gasteiger partial charge in [-0.05, 0) is 42.2 Å². The summed E-state index contributed by atoms with van der Waals surface area (Å²) in [5, 5.41) is 0. The van der Waals surface area contributed by atoms with Crippen LogP contribution in [-0.4, -0.2) is 37.5 Å². The third-order valence-corrected chi connectivity index (χ3v) is 6.46. The second kappa shape index (κ2) is 14.5.